The zero-order valence-electron chi connectivity index (χ0n) is 18.0. The summed E-state index contributed by atoms with van der Waals surface area (Å²) in [4.78, 5) is 30.0. The molecule has 1 aliphatic rings. The summed E-state index contributed by atoms with van der Waals surface area (Å²) in [6, 6.07) is 13.6. The molecular weight excluding hydrogens is 476 g/mol. The van der Waals surface area contributed by atoms with Crippen molar-refractivity contribution in [1.82, 2.24) is 9.80 Å². The molecule has 166 valence electrons. The van der Waals surface area contributed by atoms with E-state index in [2.05, 4.69) is 15.9 Å². The van der Waals surface area contributed by atoms with Crippen LogP contribution in [0.2, 0.25) is 0 Å². The average molecular weight is 499 g/mol. The number of rotatable bonds is 7. The van der Waals surface area contributed by atoms with Crippen molar-refractivity contribution in [3.05, 3.63) is 75.7 Å². The maximum Gasteiger partial charge on any atom is 0.290 e. The van der Waals surface area contributed by atoms with E-state index in [0.29, 0.717) is 29.8 Å². The Hall–Kier alpha value is -3.10. The number of halogens is 1. The zero-order valence-corrected chi connectivity index (χ0v) is 19.5. The summed E-state index contributed by atoms with van der Waals surface area (Å²) in [5, 5.41) is 11.5. The summed E-state index contributed by atoms with van der Waals surface area (Å²) < 4.78 is 12.0. The van der Waals surface area contributed by atoms with Crippen LogP contribution in [-0.2, 0) is 4.79 Å². The van der Waals surface area contributed by atoms with E-state index in [4.69, 9.17) is 9.15 Å². The minimum Gasteiger partial charge on any atom is -0.503 e. The number of hydrogen-bond acceptors (Lipinski definition) is 6. The molecule has 8 heteroatoms. The van der Waals surface area contributed by atoms with Gasteiger partial charge in [0.2, 0.25) is 5.78 Å². The number of amides is 1. The quantitative estimate of drug-likeness (QED) is 0.487. The molecule has 0 saturated carbocycles. The molecule has 1 atom stereocenters. The number of hydrogen-bond donors (Lipinski definition) is 1. The van der Waals surface area contributed by atoms with E-state index in [9.17, 15) is 14.7 Å². The molecule has 7 nitrogen and oxygen atoms in total. The number of carbonyl (C=O) groups excluding carboxylic acids is 2. The van der Waals surface area contributed by atoms with Gasteiger partial charge in [-0.1, -0.05) is 40.2 Å². The van der Waals surface area contributed by atoms with E-state index in [1.807, 2.05) is 49.3 Å². The first-order valence-electron chi connectivity index (χ1n) is 10.1. The average Bonchev–Trinajstić information content (AvgIpc) is 3.32. The van der Waals surface area contributed by atoms with Crippen molar-refractivity contribution in [2.45, 2.75) is 6.04 Å². The number of para-hydroxylation sites is 1. The second-order valence-corrected chi connectivity index (χ2v) is 8.75. The highest BCUT2D eigenvalue weighted by atomic mass is 79.9. The van der Waals surface area contributed by atoms with E-state index in [1.54, 1.807) is 18.2 Å². The SMILES string of the molecule is COc1cccc2cc(C(=O)C3=C(O)C(=O)N(CCN(C)C)C3c3ccc(Br)cc3)oc12. The van der Waals surface area contributed by atoms with Crippen LogP contribution >= 0.6 is 15.9 Å². The number of fused-ring (bicyclic) bond motifs is 1. The van der Waals surface area contributed by atoms with Crippen LogP contribution in [0.15, 0.2) is 68.8 Å². The number of Topliss-reactive ketones (excluding diaryl/α,β-unsaturated/α-hetero) is 1. The molecule has 1 aromatic heterocycles. The first kappa shape index (κ1) is 22.1. The van der Waals surface area contributed by atoms with Gasteiger partial charge in [-0.3, -0.25) is 9.59 Å². The number of carbonyl (C=O) groups is 2. The van der Waals surface area contributed by atoms with Gasteiger partial charge in [0.25, 0.3) is 5.91 Å². The summed E-state index contributed by atoms with van der Waals surface area (Å²) in [7, 11) is 5.32. The van der Waals surface area contributed by atoms with Crippen molar-refractivity contribution < 1.29 is 23.8 Å². The Morgan fingerprint density at radius 1 is 1.22 bits per heavy atom. The lowest BCUT2D eigenvalue weighted by Crippen LogP contribution is -2.36. The normalized spacial score (nSPS) is 16.5. The van der Waals surface area contributed by atoms with Crippen LogP contribution in [0.25, 0.3) is 11.0 Å². The summed E-state index contributed by atoms with van der Waals surface area (Å²) >= 11 is 3.41. The molecule has 0 fully saturated rings. The monoisotopic (exact) mass is 498 g/mol. The van der Waals surface area contributed by atoms with Crippen LogP contribution in [0.4, 0.5) is 0 Å². The number of ketones is 1. The number of likely N-dealkylation sites (N-methyl/N-ethyl adjacent to an activating group) is 1. The minimum atomic E-state index is -0.724. The number of nitrogens with zero attached hydrogens (tertiary/aromatic N) is 2. The zero-order chi connectivity index (χ0) is 23.0. The van der Waals surface area contributed by atoms with Crippen molar-refractivity contribution in [2.24, 2.45) is 0 Å². The molecule has 2 aromatic carbocycles. The largest absolute Gasteiger partial charge is 0.503 e. The molecular formula is C24H23BrN2O5. The maximum absolute atomic E-state index is 13.6. The van der Waals surface area contributed by atoms with Gasteiger partial charge in [0, 0.05) is 22.9 Å². The van der Waals surface area contributed by atoms with Crippen LogP contribution in [0.5, 0.6) is 5.75 Å². The van der Waals surface area contributed by atoms with E-state index in [0.717, 1.165) is 10.0 Å². The highest BCUT2D eigenvalue weighted by molar-refractivity contribution is 9.10. The fourth-order valence-electron chi connectivity index (χ4n) is 3.86. The first-order valence-corrected chi connectivity index (χ1v) is 10.9. The highest BCUT2D eigenvalue weighted by Crippen LogP contribution is 2.40. The molecule has 1 N–H and O–H groups in total. The van der Waals surface area contributed by atoms with Gasteiger partial charge in [0.05, 0.1) is 18.7 Å². The van der Waals surface area contributed by atoms with Gasteiger partial charge < -0.3 is 24.1 Å². The van der Waals surface area contributed by atoms with Gasteiger partial charge in [-0.25, -0.2) is 0 Å². The molecule has 32 heavy (non-hydrogen) atoms. The molecule has 4 rings (SSSR count). The van der Waals surface area contributed by atoms with E-state index in [-0.39, 0.29) is 11.3 Å². The molecule has 0 spiro atoms. The fraction of sp³-hybridized carbons (Fsp3) is 0.250. The molecule has 3 aromatic rings. The lowest BCUT2D eigenvalue weighted by atomic mass is 9.95. The molecule has 1 aliphatic heterocycles. The number of aliphatic hydroxyl groups is 1. The van der Waals surface area contributed by atoms with Crippen LogP contribution < -0.4 is 4.74 Å². The third-order valence-corrected chi connectivity index (χ3v) is 6.00. The predicted octanol–water partition coefficient (Wildman–Crippen LogP) is 4.34. The summed E-state index contributed by atoms with van der Waals surface area (Å²) in [5.74, 6) is -1.12. The smallest absolute Gasteiger partial charge is 0.290 e. The molecule has 1 amide bonds. The van der Waals surface area contributed by atoms with E-state index < -0.39 is 23.5 Å². The molecule has 2 heterocycles. The van der Waals surface area contributed by atoms with Gasteiger partial charge in [0.15, 0.2) is 22.9 Å². The van der Waals surface area contributed by atoms with Crippen LogP contribution in [0, 0.1) is 0 Å². The van der Waals surface area contributed by atoms with Crippen molar-refractivity contribution in [1.29, 1.82) is 0 Å². The van der Waals surface area contributed by atoms with Gasteiger partial charge in [-0.15, -0.1) is 0 Å². The maximum atomic E-state index is 13.6. The Kier molecular flexibility index (Phi) is 6.08. The number of ether oxygens (including phenoxy) is 1. The third-order valence-electron chi connectivity index (χ3n) is 5.47. The topological polar surface area (TPSA) is 83.2 Å². The number of aliphatic hydroxyl groups excluding tert-OH is 1. The molecule has 0 saturated heterocycles. The number of methoxy groups -OCH3 is 1. The summed E-state index contributed by atoms with van der Waals surface area (Å²) in [5.41, 5.74) is 1.17. The number of furan rings is 1. The molecule has 0 radical (unpaired) electrons. The minimum absolute atomic E-state index is 0.00843. The lowest BCUT2D eigenvalue weighted by Gasteiger charge is -2.27. The Bertz CT molecular complexity index is 1210. The molecule has 1 unspecified atom stereocenters. The fourth-order valence-corrected chi connectivity index (χ4v) is 4.12. The molecule has 0 aliphatic carbocycles. The van der Waals surface area contributed by atoms with Crippen molar-refractivity contribution in [3.8, 4) is 5.75 Å². The predicted molar refractivity (Wildman–Crippen MR) is 124 cm³/mol. The summed E-state index contributed by atoms with van der Waals surface area (Å²) in [6.45, 7) is 0.927. The Labute approximate surface area is 194 Å². The third kappa shape index (κ3) is 3.91. The lowest BCUT2D eigenvalue weighted by molar-refractivity contribution is -0.129. The van der Waals surface area contributed by atoms with Gasteiger partial charge in [-0.2, -0.15) is 0 Å². The van der Waals surface area contributed by atoms with Gasteiger partial charge in [-0.05, 0) is 43.9 Å². The Balaban J connectivity index is 1.79. The number of benzene rings is 2. The van der Waals surface area contributed by atoms with E-state index in [1.165, 1.54) is 12.0 Å². The van der Waals surface area contributed by atoms with Crippen molar-refractivity contribution in [3.63, 3.8) is 0 Å². The molecule has 0 bridgehead atoms. The van der Waals surface area contributed by atoms with Crippen LogP contribution in [-0.4, -0.2) is 60.9 Å². The van der Waals surface area contributed by atoms with E-state index >= 15 is 0 Å². The second kappa shape index (κ2) is 8.80. The summed E-state index contributed by atoms with van der Waals surface area (Å²) in [6.07, 6.45) is 0. The van der Waals surface area contributed by atoms with Crippen LogP contribution in [0.1, 0.15) is 22.2 Å². The van der Waals surface area contributed by atoms with Gasteiger partial charge in [0.1, 0.15) is 0 Å². The Morgan fingerprint density at radius 3 is 2.59 bits per heavy atom. The Morgan fingerprint density at radius 2 is 1.94 bits per heavy atom. The highest BCUT2D eigenvalue weighted by Gasteiger charge is 2.44. The van der Waals surface area contributed by atoms with Crippen LogP contribution in [0.3, 0.4) is 0 Å². The second-order valence-electron chi connectivity index (χ2n) is 7.84. The standard InChI is InChI=1S/C24H23BrN2O5/c1-26(2)11-12-27-20(14-7-9-16(25)10-8-14)19(22(29)24(27)30)21(28)18-13-15-5-4-6-17(31-3)23(15)32-18/h4-10,13,20,29H,11-12H2,1-3H3. The van der Waals surface area contributed by atoms with Crippen molar-refractivity contribution in [2.75, 3.05) is 34.3 Å². The first-order chi connectivity index (χ1) is 15.3. The van der Waals surface area contributed by atoms with Crippen molar-refractivity contribution >= 4 is 38.6 Å². The van der Waals surface area contributed by atoms with Gasteiger partial charge >= 0.3 is 0 Å².